The zero-order valence-corrected chi connectivity index (χ0v) is 52.0. The Labute approximate surface area is 520 Å². The van der Waals surface area contributed by atoms with Crippen molar-refractivity contribution in [1.82, 2.24) is 36.3 Å². The number of nitrogens with one attached hydrogen (secondary N) is 5. The first-order valence-corrected chi connectivity index (χ1v) is 34.3. The van der Waals surface area contributed by atoms with Gasteiger partial charge in [-0.3, -0.25) is 37.6 Å². The van der Waals surface area contributed by atoms with Gasteiger partial charge in [0.1, 0.15) is 43.7 Å². The Kier molecular flexibility index (Phi) is 24.8. The fourth-order valence-electron chi connectivity index (χ4n) is 9.24. The molecule has 3 unspecified atom stereocenters. The Hall–Kier alpha value is -7.79. The van der Waals surface area contributed by atoms with Crippen LogP contribution in [0.5, 0.6) is 17.5 Å². The fraction of sp³-hybridized carbons (Fsp3) is 0.429. The summed E-state index contributed by atoms with van der Waals surface area (Å²) in [6.07, 6.45) is 8.53. The number of unbranched alkanes of at least 4 members (excludes halogenated alkanes) is 2. The van der Waals surface area contributed by atoms with Gasteiger partial charge >= 0.3 is 26.2 Å². The average molecular weight is 1330 g/mol. The summed E-state index contributed by atoms with van der Waals surface area (Å²) < 4.78 is 116. The second kappa shape index (κ2) is 32.1. The van der Waals surface area contributed by atoms with Crippen LogP contribution >= 0.6 is 22.7 Å². The lowest BCUT2D eigenvalue weighted by Crippen LogP contribution is -2.54. The Balaban J connectivity index is 1.07. The summed E-state index contributed by atoms with van der Waals surface area (Å²) in [7, 11) is -14.0. The number of carbonyl (C=O) groups is 6. The zero-order chi connectivity index (χ0) is 64.3. The number of rotatable bonds is 15. The highest BCUT2D eigenvalue weighted by atomic mass is 32.3. The molecule has 89 heavy (non-hydrogen) atoms. The van der Waals surface area contributed by atoms with E-state index < -0.39 is 105 Å². The molecule has 6 aromatic rings. The van der Waals surface area contributed by atoms with Gasteiger partial charge < -0.3 is 50.8 Å². The first kappa shape index (κ1) is 68.7. The monoisotopic (exact) mass is 1330 g/mol. The van der Waals surface area contributed by atoms with Crippen LogP contribution < -0.4 is 40.7 Å². The van der Waals surface area contributed by atoms with Gasteiger partial charge in [0, 0.05) is 96.8 Å². The number of hydrogen-bond acceptors (Lipinski definition) is 20. The van der Waals surface area contributed by atoms with Gasteiger partial charge in [0.25, 0.3) is 10.1 Å². The van der Waals surface area contributed by atoms with Crippen LogP contribution in [-0.4, -0.2) is 132 Å². The smallest absolute Gasteiger partial charge is 0.333 e. The minimum Gasteiger partial charge on any atom is -0.492 e. The van der Waals surface area contributed by atoms with Crippen molar-refractivity contribution in [2.24, 2.45) is 0 Å². The van der Waals surface area contributed by atoms with E-state index in [0.29, 0.717) is 78.0 Å². The quantitative estimate of drug-likeness (QED) is 0.0386. The molecule has 6 bridgehead atoms. The molecular formula is C56H69N8O20S5+. The molecule has 8 heterocycles. The third-order valence-electron chi connectivity index (χ3n) is 13.9. The van der Waals surface area contributed by atoms with Gasteiger partial charge in [0.2, 0.25) is 47.2 Å². The van der Waals surface area contributed by atoms with Crippen molar-refractivity contribution in [2.75, 3.05) is 19.7 Å². The Morgan fingerprint density at radius 1 is 0.685 bits per heavy atom. The van der Waals surface area contributed by atoms with E-state index in [1.54, 1.807) is 12.1 Å². The van der Waals surface area contributed by atoms with Crippen LogP contribution in [-0.2, 0) is 78.5 Å². The van der Waals surface area contributed by atoms with Gasteiger partial charge in [-0.15, -0.1) is 27.4 Å². The summed E-state index contributed by atoms with van der Waals surface area (Å²) in [5.41, 5.74) is 0.887. The Morgan fingerprint density at radius 3 is 1.91 bits per heavy atom. The molecule has 3 aliphatic heterocycles. The van der Waals surface area contributed by atoms with Gasteiger partial charge in [0.15, 0.2) is 18.2 Å². The van der Waals surface area contributed by atoms with Crippen LogP contribution in [0.3, 0.4) is 0 Å². The number of pyridine rings is 1. The van der Waals surface area contributed by atoms with Crippen LogP contribution in [0.1, 0.15) is 106 Å². The van der Waals surface area contributed by atoms with Crippen molar-refractivity contribution in [3.8, 4) is 40.3 Å². The number of ether oxygens (including phenoxy) is 1. The maximum atomic E-state index is 14.3. The molecule has 5 amide bonds. The van der Waals surface area contributed by atoms with Crippen molar-refractivity contribution < 1.29 is 96.5 Å². The first-order chi connectivity index (χ1) is 42.3. The number of fused-ring (bicyclic) bond motifs is 2. The molecule has 5 aromatic heterocycles. The number of aromatic nitrogens is 3. The van der Waals surface area contributed by atoms with Crippen molar-refractivity contribution in [3.63, 3.8) is 0 Å². The molecular weight excluding hydrogens is 1260 g/mol. The molecule has 0 spiro atoms. The van der Waals surface area contributed by atoms with Crippen molar-refractivity contribution in [2.45, 2.75) is 147 Å². The largest absolute Gasteiger partial charge is 0.492 e. The number of aromatic hydroxyl groups is 2. The average Bonchev–Trinajstić information content (AvgIpc) is 2.11. The number of aryl methyl sites for hydroxylation is 1. The highest BCUT2D eigenvalue weighted by Gasteiger charge is 2.30. The normalized spacial score (nSPS) is 17.9. The number of oxazole rings is 1. The molecule has 9 rings (SSSR count). The molecule has 482 valence electrons. The molecule has 3 atom stereocenters. The van der Waals surface area contributed by atoms with Crippen LogP contribution in [0.15, 0.2) is 103 Å². The number of nitrogens with zero attached hydrogens (tertiary/aromatic N) is 3. The van der Waals surface area contributed by atoms with Crippen LogP contribution in [0.2, 0.25) is 0 Å². The summed E-state index contributed by atoms with van der Waals surface area (Å²) in [5.74, 6) is -4.61. The minimum absolute atomic E-state index is 0.00977. The molecule has 0 fully saturated rings. The molecule has 0 radical (unpaired) electrons. The zero-order valence-electron chi connectivity index (χ0n) is 47.9. The lowest BCUT2D eigenvalue weighted by Gasteiger charge is -2.23. The van der Waals surface area contributed by atoms with E-state index in [1.165, 1.54) is 42.6 Å². The number of carbonyl (C=O) groups excluding carboxylic acids is 6. The molecule has 10 N–H and O–H groups in total. The minimum atomic E-state index is -4.81. The van der Waals surface area contributed by atoms with E-state index in [2.05, 4.69) is 31.6 Å². The standard InChI is InChI=1S/C56H68N8O20S5/c65-46-13-4-2-10-28-63-29-24-36(25-30-63)56-59-35-44(83-56)37-16-19-43(45(32-37)87(73,74)75)82-31-11-3-5-14-47(66)61-42(34-39-18-23-52(86-39)89(79,80)81)55(72)62-40(53(70)57-26-8-1-6-15-50(69)84-64-48(67)20-21-49(64)68)12-7-9-27-58-54(71)41(60-46)33-38-17-22-51(85-38)88(76,77)78/h16-25,29-30,32,35,40-42,59H,1-15,26-28,31,33-34H2,(H8,57,58,60,61,62,65,66,70,71,72,73,74,75,76,77,78,79,80,81)/p+1. The summed E-state index contributed by atoms with van der Waals surface area (Å²) in [5, 5.41) is 33.2. The summed E-state index contributed by atoms with van der Waals surface area (Å²) >= 11 is 1.38. The SMILES string of the molecule is O=C1CCCCC[n+]2ccc(cc2)-c2ncc(o2)-c2ccc(c(S(=O)(=O)O)c2)OCCCCCC(=O)NC(Cc2ccc(S(=O)(=O)O)s2)C(=O)NC(C(=O)NCCCCCC(=O)On2c(O)ccc2O)CCCCNC(=O)C(Cc2ccc(S(=O)(=O)O)s2)N1. The van der Waals surface area contributed by atoms with E-state index in [9.17, 15) is 77.9 Å². The first-order valence-electron chi connectivity index (χ1n) is 28.4. The second-order valence-electron chi connectivity index (χ2n) is 20.8. The van der Waals surface area contributed by atoms with Crippen LogP contribution in [0.25, 0.3) is 22.8 Å². The van der Waals surface area contributed by atoms with E-state index in [-0.39, 0.29) is 116 Å². The summed E-state index contributed by atoms with van der Waals surface area (Å²) in [6.45, 7) is 0.633. The lowest BCUT2D eigenvalue weighted by atomic mass is 10.1. The van der Waals surface area contributed by atoms with Crippen LogP contribution in [0.4, 0.5) is 0 Å². The van der Waals surface area contributed by atoms with E-state index in [1.807, 2.05) is 17.0 Å². The topological polar surface area (TPSA) is 419 Å². The third kappa shape index (κ3) is 21.5. The van der Waals surface area contributed by atoms with Crippen LogP contribution in [0, 0.1) is 0 Å². The number of benzene rings is 1. The maximum absolute atomic E-state index is 14.3. The molecule has 3 aliphatic rings. The fourth-order valence-corrected chi connectivity index (χ4v) is 13.4. The predicted molar refractivity (Wildman–Crippen MR) is 319 cm³/mol. The van der Waals surface area contributed by atoms with Gasteiger partial charge in [-0.1, -0.05) is 6.42 Å². The van der Waals surface area contributed by atoms with E-state index in [0.717, 1.165) is 29.5 Å². The summed E-state index contributed by atoms with van der Waals surface area (Å²) in [6, 6.07) is 11.1. The van der Waals surface area contributed by atoms with E-state index >= 15 is 0 Å². The molecule has 0 saturated carbocycles. The Bertz CT molecular complexity index is 3770. The second-order valence-corrected chi connectivity index (χ2v) is 27.8. The highest BCUT2D eigenvalue weighted by molar-refractivity contribution is 7.88. The molecule has 0 aliphatic carbocycles. The van der Waals surface area contributed by atoms with Gasteiger partial charge in [-0.2, -0.15) is 25.3 Å². The summed E-state index contributed by atoms with van der Waals surface area (Å²) in [4.78, 5) is 90.8. The van der Waals surface area contributed by atoms with Gasteiger partial charge in [0.05, 0.1) is 12.8 Å². The van der Waals surface area contributed by atoms with E-state index in [4.69, 9.17) is 14.0 Å². The van der Waals surface area contributed by atoms with Crippen molar-refractivity contribution in [3.05, 3.63) is 95.1 Å². The lowest BCUT2D eigenvalue weighted by molar-refractivity contribution is -0.697. The number of thiophene rings is 2. The number of hydrogen-bond donors (Lipinski definition) is 10. The Morgan fingerprint density at radius 2 is 1.30 bits per heavy atom. The van der Waals surface area contributed by atoms with Crippen molar-refractivity contribution in [1.29, 1.82) is 0 Å². The van der Waals surface area contributed by atoms with Gasteiger partial charge in [-0.05, 0) is 107 Å². The highest BCUT2D eigenvalue weighted by Crippen LogP contribution is 2.33. The number of amides is 5. The maximum Gasteiger partial charge on any atom is 0.333 e. The van der Waals surface area contributed by atoms with Gasteiger partial charge in [-0.25, -0.2) is 14.3 Å². The van der Waals surface area contributed by atoms with Crippen molar-refractivity contribution >= 4 is 88.5 Å². The molecule has 0 saturated heterocycles. The third-order valence-corrected chi connectivity index (χ3v) is 19.6. The molecule has 1 aromatic carbocycles. The molecule has 33 heteroatoms. The predicted octanol–water partition coefficient (Wildman–Crippen LogP) is 4.44. The molecule has 28 nitrogen and oxygen atoms in total.